The van der Waals surface area contributed by atoms with Gasteiger partial charge in [-0.2, -0.15) is 10.2 Å². The van der Waals surface area contributed by atoms with Crippen molar-refractivity contribution in [3.05, 3.63) is 41.5 Å². The maximum Gasteiger partial charge on any atom is 0.231 e. The molecule has 6 nitrogen and oxygen atoms in total. The van der Waals surface area contributed by atoms with Crippen LogP contribution in [0.1, 0.15) is 36.0 Å². The van der Waals surface area contributed by atoms with Crippen molar-refractivity contribution in [1.29, 1.82) is 5.26 Å². The van der Waals surface area contributed by atoms with Gasteiger partial charge in [0.2, 0.25) is 5.89 Å². The highest BCUT2D eigenvalue weighted by Gasteiger charge is 2.25. The molecule has 1 aromatic heterocycles. The second-order valence-electron chi connectivity index (χ2n) is 5.81. The fourth-order valence-corrected chi connectivity index (χ4v) is 2.89. The van der Waals surface area contributed by atoms with Crippen LogP contribution in [0.15, 0.2) is 28.8 Å². The van der Waals surface area contributed by atoms with Crippen molar-refractivity contribution in [1.82, 2.24) is 15.0 Å². The maximum absolute atomic E-state index is 8.90. The molecule has 0 amide bonds. The van der Waals surface area contributed by atoms with E-state index in [4.69, 9.17) is 14.5 Å². The Kier molecular flexibility index (Phi) is 4.89. The van der Waals surface area contributed by atoms with Gasteiger partial charge in [0.05, 0.1) is 17.6 Å². The van der Waals surface area contributed by atoms with Crippen LogP contribution < -0.4 is 4.74 Å². The molecular weight excluding hydrogens is 292 g/mol. The molecule has 1 aromatic carbocycles. The fraction of sp³-hybridized carbons (Fsp3) is 0.471. The Bertz CT molecular complexity index is 692. The Balaban J connectivity index is 1.49. The van der Waals surface area contributed by atoms with Crippen molar-refractivity contribution >= 4 is 0 Å². The van der Waals surface area contributed by atoms with Gasteiger partial charge in [-0.1, -0.05) is 11.2 Å². The Labute approximate surface area is 135 Å². The first kappa shape index (κ1) is 15.5. The normalized spacial score (nSPS) is 18.5. The lowest BCUT2D eigenvalue weighted by atomic mass is 9.98. The summed E-state index contributed by atoms with van der Waals surface area (Å²) in [7, 11) is 0. The van der Waals surface area contributed by atoms with E-state index in [-0.39, 0.29) is 0 Å². The largest absolute Gasteiger partial charge is 0.492 e. The smallest absolute Gasteiger partial charge is 0.231 e. The summed E-state index contributed by atoms with van der Waals surface area (Å²) in [5.74, 6) is 2.49. The van der Waals surface area contributed by atoms with Crippen LogP contribution in [0.25, 0.3) is 0 Å². The SMILES string of the molecule is Cc1noc(C2CCCN(CCOc3cccc(C#N)c3)C2)n1. The monoisotopic (exact) mass is 312 g/mol. The summed E-state index contributed by atoms with van der Waals surface area (Å²) in [6.45, 7) is 5.27. The number of rotatable bonds is 5. The molecule has 1 aliphatic heterocycles. The van der Waals surface area contributed by atoms with E-state index in [1.807, 2.05) is 19.1 Å². The molecule has 1 fully saturated rings. The Hall–Kier alpha value is -2.39. The summed E-state index contributed by atoms with van der Waals surface area (Å²) >= 11 is 0. The minimum atomic E-state index is 0.312. The van der Waals surface area contributed by atoms with Gasteiger partial charge in [-0.15, -0.1) is 0 Å². The van der Waals surface area contributed by atoms with Crippen molar-refractivity contribution in [2.45, 2.75) is 25.7 Å². The highest BCUT2D eigenvalue weighted by Crippen LogP contribution is 2.25. The lowest BCUT2D eigenvalue weighted by molar-refractivity contribution is 0.157. The number of piperidine rings is 1. The number of ether oxygens (including phenoxy) is 1. The zero-order valence-corrected chi connectivity index (χ0v) is 13.2. The highest BCUT2D eigenvalue weighted by molar-refractivity contribution is 5.36. The number of aryl methyl sites for hydroxylation is 1. The maximum atomic E-state index is 8.90. The summed E-state index contributed by atoms with van der Waals surface area (Å²) < 4.78 is 11.1. The average Bonchev–Trinajstić information content (AvgIpc) is 3.02. The van der Waals surface area contributed by atoms with Crippen LogP contribution in [-0.4, -0.2) is 41.3 Å². The van der Waals surface area contributed by atoms with Gasteiger partial charge < -0.3 is 9.26 Å². The van der Waals surface area contributed by atoms with Crippen LogP contribution >= 0.6 is 0 Å². The molecule has 3 rings (SSSR count). The fourth-order valence-electron chi connectivity index (χ4n) is 2.89. The van der Waals surface area contributed by atoms with Gasteiger partial charge in [-0.05, 0) is 44.5 Å². The predicted octanol–water partition coefficient (Wildman–Crippen LogP) is 2.51. The molecule has 1 aliphatic rings. The first-order valence-corrected chi connectivity index (χ1v) is 7.90. The average molecular weight is 312 g/mol. The molecule has 0 spiro atoms. The second kappa shape index (κ2) is 7.25. The van der Waals surface area contributed by atoms with Gasteiger partial charge in [0, 0.05) is 13.1 Å². The molecule has 23 heavy (non-hydrogen) atoms. The predicted molar refractivity (Wildman–Crippen MR) is 84.1 cm³/mol. The first-order chi connectivity index (χ1) is 11.2. The van der Waals surface area contributed by atoms with Crippen molar-refractivity contribution in [2.75, 3.05) is 26.2 Å². The molecule has 0 bridgehead atoms. The number of hydrogen-bond donors (Lipinski definition) is 0. The van der Waals surface area contributed by atoms with Gasteiger partial charge >= 0.3 is 0 Å². The number of aromatic nitrogens is 2. The molecule has 0 saturated carbocycles. The number of nitriles is 1. The number of hydrogen-bond acceptors (Lipinski definition) is 6. The van der Waals surface area contributed by atoms with E-state index in [1.165, 1.54) is 0 Å². The summed E-state index contributed by atoms with van der Waals surface area (Å²) in [4.78, 5) is 6.71. The molecule has 2 aromatic rings. The molecule has 1 saturated heterocycles. The summed E-state index contributed by atoms with van der Waals surface area (Å²) in [6, 6.07) is 9.37. The van der Waals surface area contributed by atoms with Gasteiger partial charge in [-0.25, -0.2) is 0 Å². The minimum Gasteiger partial charge on any atom is -0.492 e. The molecule has 120 valence electrons. The number of likely N-dealkylation sites (tertiary alicyclic amines) is 1. The molecule has 6 heteroatoms. The lowest BCUT2D eigenvalue weighted by Crippen LogP contribution is -2.37. The van der Waals surface area contributed by atoms with Crippen molar-refractivity contribution in [3.8, 4) is 11.8 Å². The Morgan fingerprint density at radius 2 is 2.39 bits per heavy atom. The van der Waals surface area contributed by atoms with Gasteiger partial charge in [0.1, 0.15) is 12.4 Å². The summed E-state index contributed by atoms with van der Waals surface area (Å²) in [6.07, 6.45) is 2.21. The van der Waals surface area contributed by atoms with Gasteiger partial charge in [-0.3, -0.25) is 4.90 Å². The van der Waals surface area contributed by atoms with E-state index in [9.17, 15) is 0 Å². The van der Waals surface area contributed by atoms with Crippen LogP contribution in [0.3, 0.4) is 0 Å². The second-order valence-corrected chi connectivity index (χ2v) is 5.81. The van der Waals surface area contributed by atoms with Gasteiger partial charge in [0.25, 0.3) is 0 Å². The molecule has 0 aliphatic carbocycles. The standard InChI is InChI=1S/C17H20N4O2/c1-13-19-17(23-20-13)15-5-3-7-21(12-15)8-9-22-16-6-2-4-14(10-16)11-18/h2,4,6,10,15H,3,5,7-9,12H2,1H3. The quantitative estimate of drug-likeness (QED) is 0.844. The third-order valence-corrected chi connectivity index (χ3v) is 4.04. The van der Waals surface area contributed by atoms with E-state index in [2.05, 4.69) is 21.1 Å². The zero-order chi connectivity index (χ0) is 16.1. The third-order valence-electron chi connectivity index (χ3n) is 4.04. The molecular formula is C17H20N4O2. The zero-order valence-electron chi connectivity index (χ0n) is 13.2. The van der Waals surface area contributed by atoms with Crippen molar-refractivity contribution in [2.24, 2.45) is 0 Å². The van der Waals surface area contributed by atoms with Crippen molar-refractivity contribution in [3.63, 3.8) is 0 Å². The minimum absolute atomic E-state index is 0.312. The van der Waals surface area contributed by atoms with Crippen LogP contribution in [0.2, 0.25) is 0 Å². The van der Waals surface area contributed by atoms with E-state index in [0.717, 1.165) is 44.1 Å². The van der Waals surface area contributed by atoms with Crippen LogP contribution in [-0.2, 0) is 0 Å². The van der Waals surface area contributed by atoms with Crippen LogP contribution in [0.4, 0.5) is 0 Å². The van der Waals surface area contributed by atoms with Crippen LogP contribution in [0.5, 0.6) is 5.75 Å². The number of benzene rings is 1. The number of nitrogens with zero attached hydrogens (tertiary/aromatic N) is 4. The van der Waals surface area contributed by atoms with E-state index >= 15 is 0 Å². The Morgan fingerprint density at radius 1 is 1.48 bits per heavy atom. The molecule has 1 atom stereocenters. The van der Waals surface area contributed by atoms with E-state index in [0.29, 0.717) is 23.9 Å². The molecule has 0 radical (unpaired) electrons. The topological polar surface area (TPSA) is 75.2 Å². The molecule has 1 unspecified atom stereocenters. The molecule has 0 N–H and O–H groups in total. The van der Waals surface area contributed by atoms with E-state index < -0.39 is 0 Å². The molecule has 2 heterocycles. The van der Waals surface area contributed by atoms with E-state index in [1.54, 1.807) is 12.1 Å². The van der Waals surface area contributed by atoms with Gasteiger partial charge in [0.15, 0.2) is 5.82 Å². The Morgan fingerprint density at radius 3 is 3.17 bits per heavy atom. The summed E-state index contributed by atoms with van der Waals surface area (Å²) in [5.41, 5.74) is 0.618. The summed E-state index contributed by atoms with van der Waals surface area (Å²) in [5, 5.41) is 12.8. The highest BCUT2D eigenvalue weighted by atomic mass is 16.5. The van der Waals surface area contributed by atoms with Crippen LogP contribution in [0, 0.1) is 18.3 Å². The lowest BCUT2D eigenvalue weighted by Gasteiger charge is -2.30. The van der Waals surface area contributed by atoms with Crippen molar-refractivity contribution < 1.29 is 9.26 Å². The third kappa shape index (κ3) is 4.08. The first-order valence-electron chi connectivity index (χ1n) is 7.90.